The van der Waals surface area contributed by atoms with E-state index in [1.165, 1.54) is 6.26 Å². The lowest BCUT2D eigenvalue weighted by Crippen LogP contribution is -2.36. The van der Waals surface area contributed by atoms with E-state index < -0.39 is 0 Å². The molecule has 1 aromatic heterocycles. The van der Waals surface area contributed by atoms with E-state index in [-0.39, 0.29) is 30.1 Å². The highest BCUT2D eigenvalue weighted by Crippen LogP contribution is 2.15. The predicted molar refractivity (Wildman–Crippen MR) is 122 cm³/mol. The molecule has 1 aromatic carbocycles. The lowest BCUT2D eigenvalue weighted by Gasteiger charge is -2.21. The molecule has 3 amide bonds. The topological polar surface area (TPSA) is 106 Å². The van der Waals surface area contributed by atoms with Gasteiger partial charge in [0, 0.05) is 50.2 Å². The van der Waals surface area contributed by atoms with Crippen molar-refractivity contribution in [3.63, 3.8) is 0 Å². The van der Waals surface area contributed by atoms with Crippen molar-refractivity contribution in [2.45, 2.75) is 33.2 Å². The van der Waals surface area contributed by atoms with Crippen molar-refractivity contribution >= 4 is 29.2 Å². The van der Waals surface area contributed by atoms with Gasteiger partial charge in [0.2, 0.25) is 5.89 Å². The molecule has 176 valence electrons. The Bertz CT molecular complexity index is 828. The Morgan fingerprint density at radius 2 is 1.78 bits per heavy atom. The first kappa shape index (κ1) is 25.6. The number of halogens is 1. The molecule has 0 atom stereocenters. The molecule has 0 aliphatic carbocycles. The van der Waals surface area contributed by atoms with Crippen LogP contribution in [0.5, 0.6) is 0 Å². The Labute approximate surface area is 193 Å². The molecule has 0 aliphatic heterocycles. The lowest BCUT2D eigenvalue weighted by molar-refractivity contribution is 0.0939. The van der Waals surface area contributed by atoms with Gasteiger partial charge in [-0.3, -0.25) is 4.79 Å². The standard InChI is InChI=1S/C22H31ClN4O5/c1-3-30-13-5-11-24-21(28)19-16-32-20(26-19)15-27(12-6-14-31-4-2)22(29)25-18-9-7-17(23)8-10-18/h7-10,16H,3-6,11-15H2,1-2H3,(H,24,28)(H,25,29). The number of carbonyl (C=O) groups excluding carboxylic acids is 2. The average Bonchev–Trinajstić information content (AvgIpc) is 3.26. The first-order chi connectivity index (χ1) is 15.5. The molecule has 0 unspecified atom stereocenters. The van der Waals surface area contributed by atoms with E-state index >= 15 is 0 Å². The van der Waals surface area contributed by atoms with Gasteiger partial charge in [-0.2, -0.15) is 0 Å². The third kappa shape index (κ3) is 9.25. The predicted octanol–water partition coefficient (Wildman–Crippen LogP) is 3.95. The normalized spacial score (nSPS) is 10.7. The van der Waals surface area contributed by atoms with Crippen LogP contribution >= 0.6 is 11.6 Å². The van der Waals surface area contributed by atoms with Crippen LogP contribution in [0.25, 0.3) is 0 Å². The third-order valence-electron chi connectivity index (χ3n) is 4.37. The summed E-state index contributed by atoms with van der Waals surface area (Å²) < 4.78 is 16.0. The van der Waals surface area contributed by atoms with E-state index in [2.05, 4.69) is 15.6 Å². The van der Waals surface area contributed by atoms with Crippen LogP contribution in [0.3, 0.4) is 0 Å². The maximum atomic E-state index is 12.8. The Hall–Kier alpha value is -2.62. The van der Waals surface area contributed by atoms with Gasteiger partial charge >= 0.3 is 6.03 Å². The molecular formula is C22H31ClN4O5. The van der Waals surface area contributed by atoms with Gasteiger partial charge in [0.25, 0.3) is 5.91 Å². The smallest absolute Gasteiger partial charge is 0.322 e. The Balaban J connectivity index is 1.95. The van der Waals surface area contributed by atoms with E-state index in [1.54, 1.807) is 29.2 Å². The second-order valence-corrected chi connectivity index (χ2v) is 7.28. The number of oxazole rings is 1. The van der Waals surface area contributed by atoms with Gasteiger partial charge in [0.1, 0.15) is 6.26 Å². The van der Waals surface area contributed by atoms with Crippen molar-refractivity contribution in [2.75, 3.05) is 44.8 Å². The molecule has 32 heavy (non-hydrogen) atoms. The summed E-state index contributed by atoms with van der Waals surface area (Å²) in [6.45, 7) is 7.24. The van der Waals surface area contributed by atoms with Crippen LogP contribution in [-0.2, 0) is 16.0 Å². The van der Waals surface area contributed by atoms with Crippen molar-refractivity contribution in [3.05, 3.63) is 47.1 Å². The van der Waals surface area contributed by atoms with Gasteiger partial charge in [-0.1, -0.05) is 11.6 Å². The number of hydrogen-bond acceptors (Lipinski definition) is 6. The number of rotatable bonds is 14. The summed E-state index contributed by atoms with van der Waals surface area (Å²) in [5, 5.41) is 6.19. The van der Waals surface area contributed by atoms with Crippen LogP contribution in [0.4, 0.5) is 10.5 Å². The highest BCUT2D eigenvalue weighted by atomic mass is 35.5. The van der Waals surface area contributed by atoms with Crippen LogP contribution in [0.2, 0.25) is 5.02 Å². The fraction of sp³-hybridized carbons (Fsp3) is 0.500. The van der Waals surface area contributed by atoms with Gasteiger partial charge in [0.05, 0.1) is 6.54 Å². The van der Waals surface area contributed by atoms with E-state index in [0.29, 0.717) is 63.1 Å². The minimum atomic E-state index is -0.329. The van der Waals surface area contributed by atoms with Gasteiger partial charge in [0.15, 0.2) is 5.69 Å². The number of nitrogens with zero attached hydrogens (tertiary/aromatic N) is 2. The van der Waals surface area contributed by atoms with Crippen molar-refractivity contribution in [1.82, 2.24) is 15.2 Å². The number of benzene rings is 1. The summed E-state index contributed by atoms with van der Waals surface area (Å²) in [6.07, 6.45) is 2.65. The number of ether oxygens (including phenoxy) is 2. The molecule has 0 radical (unpaired) electrons. The van der Waals surface area contributed by atoms with Gasteiger partial charge in [-0.25, -0.2) is 9.78 Å². The molecule has 0 bridgehead atoms. The van der Waals surface area contributed by atoms with Gasteiger partial charge in [-0.15, -0.1) is 0 Å². The number of amides is 3. The molecule has 0 saturated heterocycles. The van der Waals surface area contributed by atoms with Crippen LogP contribution in [-0.4, -0.2) is 61.3 Å². The summed E-state index contributed by atoms with van der Waals surface area (Å²) in [4.78, 5) is 30.8. The zero-order valence-corrected chi connectivity index (χ0v) is 19.3. The monoisotopic (exact) mass is 466 g/mol. The highest BCUT2D eigenvalue weighted by Gasteiger charge is 2.19. The van der Waals surface area contributed by atoms with E-state index in [9.17, 15) is 9.59 Å². The highest BCUT2D eigenvalue weighted by molar-refractivity contribution is 6.30. The maximum absolute atomic E-state index is 12.8. The summed E-state index contributed by atoms with van der Waals surface area (Å²) >= 11 is 5.90. The summed E-state index contributed by atoms with van der Waals surface area (Å²) in [7, 11) is 0. The summed E-state index contributed by atoms with van der Waals surface area (Å²) in [6, 6.07) is 6.52. The molecular weight excluding hydrogens is 436 g/mol. The fourth-order valence-electron chi connectivity index (χ4n) is 2.75. The summed E-state index contributed by atoms with van der Waals surface area (Å²) in [5.74, 6) is -0.0582. The van der Waals surface area contributed by atoms with E-state index in [1.807, 2.05) is 13.8 Å². The minimum Gasteiger partial charge on any atom is -0.446 e. The molecule has 2 aromatic rings. The van der Waals surface area contributed by atoms with Gasteiger partial charge in [-0.05, 0) is 51.0 Å². The molecule has 0 saturated carbocycles. The molecule has 9 nitrogen and oxygen atoms in total. The summed E-state index contributed by atoms with van der Waals surface area (Å²) in [5.41, 5.74) is 0.789. The number of carbonyl (C=O) groups is 2. The van der Waals surface area contributed by atoms with Crippen LogP contribution in [0, 0.1) is 0 Å². The zero-order valence-electron chi connectivity index (χ0n) is 18.6. The van der Waals surface area contributed by atoms with E-state index in [4.69, 9.17) is 25.5 Å². The molecule has 2 rings (SSSR count). The number of nitrogens with one attached hydrogen (secondary N) is 2. The van der Waals surface area contributed by atoms with Crippen molar-refractivity contribution in [1.29, 1.82) is 0 Å². The largest absolute Gasteiger partial charge is 0.446 e. The van der Waals surface area contributed by atoms with Crippen molar-refractivity contribution in [3.8, 4) is 0 Å². The second-order valence-electron chi connectivity index (χ2n) is 6.84. The van der Waals surface area contributed by atoms with Crippen LogP contribution < -0.4 is 10.6 Å². The molecule has 2 N–H and O–H groups in total. The first-order valence-corrected chi connectivity index (χ1v) is 11.1. The zero-order chi connectivity index (χ0) is 23.2. The number of anilines is 1. The number of hydrogen-bond donors (Lipinski definition) is 2. The maximum Gasteiger partial charge on any atom is 0.322 e. The minimum absolute atomic E-state index is 0.114. The van der Waals surface area contributed by atoms with Crippen molar-refractivity contribution in [2.24, 2.45) is 0 Å². The molecule has 0 spiro atoms. The Morgan fingerprint density at radius 1 is 1.09 bits per heavy atom. The Morgan fingerprint density at radius 3 is 2.47 bits per heavy atom. The molecule has 0 fully saturated rings. The average molecular weight is 467 g/mol. The first-order valence-electron chi connectivity index (χ1n) is 10.7. The molecule has 1 heterocycles. The van der Waals surface area contributed by atoms with Crippen LogP contribution in [0.1, 0.15) is 43.1 Å². The third-order valence-corrected chi connectivity index (χ3v) is 4.62. The van der Waals surface area contributed by atoms with E-state index in [0.717, 1.165) is 0 Å². The van der Waals surface area contributed by atoms with Crippen LogP contribution in [0.15, 0.2) is 34.9 Å². The van der Waals surface area contributed by atoms with Gasteiger partial charge < -0.3 is 29.4 Å². The Kier molecular flexibility index (Phi) is 11.6. The molecule has 10 heteroatoms. The molecule has 0 aliphatic rings. The SMILES string of the molecule is CCOCCCNC(=O)c1coc(CN(CCCOCC)C(=O)Nc2ccc(Cl)cc2)n1. The lowest BCUT2D eigenvalue weighted by atomic mass is 10.3. The second kappa shape index (κ2) is 14.4. The number of aromatic nitrogens is 1. The van der Waals surface area contributed by atoms with Crippen molar-refractivity contribution < 1.29 is 23.5 Å². The fourth-order valence-corrected chi connectivity index (χ4v) is 2.88. The quantitative estimate of drug-likeness (QED) is 0.408. The number of urea groups is 1.